The minimum absolute atomic E-state index is 0.0655. The van der Waals surface area contributed by atoms with E-state index in [0.717, 1.165) is 23.7 Å². The number of aromatic nitrogens is 3. The molecule has 25 heavy (non-hydrogen) atoms. The minimum atomic E-state index is -0.0655. The summed E-state index contributed by atoms with van der Waals surface area (Å²) in [5, 5.41) is 6.10. The van der Waals surface area contributed by atoms with Gasteiger partial charge in [0.15, 0.2) is 0 Å². The van der Waals surface area contributed by atoms with Crippen molar-refractivity contribution in [1.29, 1.82) is 0 Å². The Morgan fingerprint density at radius 2 is 2.12 bits per heavy atom. The molecule has 0 bridgehead atoms. The predicted octanol–water partition coefficient (Wildman–Crippen LogP) is 3.04. The van der Waals surface area contributed by atoms with Gasteiger partial charge < -0.3 is 10.6 Å². The molecule has 0 radical (unpaired) electrons. The number of carbonyl (C=O) groups excluding carboxylic acids is 1. The third-order valence-corrected chi connectivity index (χ3v) is 5.44. The second-order valence-corrected chi connectivity index (χ2v) is 7.22. The number of nitrogens with one attached hydrogen (secondary N) is 2. The van der Waals surface area contributed by atoms with Crippen molar-refractivity contribution < 1.29 is 4.79 Å². The topological polar surface area (TPSA) is 71.8 Å². The monoisotopic (exact) mass is 339 g/mol. The zero-order chi connectivity index (χ0) is 17.1. The molecule has 0 unspecified atom stereocenters. The number of hydrogen-bond acceptors (Lipinski definition) is 3. The van der Waals surface area contributed by atoms with Crippen LogP contribution in [-0.2, 0) is 6.54 Å². The van der Waals surface area contributed by atoms with E-state index in [9.17, 15) is 4.79 Å². The van der Waals surface area contributed by atoms with Crippen LogP contribution in [0.25, 0.3) is 5.82 Å². The molecule has 2 heterocycles. The summed E-state index contributed by atoms with van der Waals surface area (Å²) in [6.07, 6.45) is 15.0. The number of urea groups is 1. The SMILES string of the molecule is O=C(NCc1ccnc(-n2ccnc2)c1)N[C@H]1C[C@@H]1C1CCCCC1. The van der Waals surface area contributed by atoms with Crippen LogP contribution in [0.15, 0.2) is 37.1 Å². The lowest BCUT2D eigenvalue weighted by atomic mass is 9.85. The molecule has 2 amide bonds. The van der Waals surface area contributed by atoms with Gasteiger partial charge in [0.2, 0.25) is 0 Å². The molecule has 6 nitrogen and oxygen atoms in total. The summed E-state index contributed by atoms with van der Waals surface area (Å²) in [6.45, 7) is 0.497. The molecule has 2 fully saturated rings. The van der Waals surface area contributed by atoms with E-state index in [1.807, 2.05) is 22.9 Å². The summed E-state index contributed by atoms with van der Waals surface area (Å²) in [5.41, 5.74) is 1.02. The highest BCUT2D eigenvalue weighted by Gasteiger charge is 2.43. The summed E-state index contributed by atoms with van der Waals surface area (Å²) in [7, 11) is 0. The maximum atomic E-state index is 12.2. The standard InChI is InChI=1S/C19H25N5O/c25-19(23-17-11-16(17)15-4-2-1-3-5-15)22-12-14-6-7-21-18(10-14)24-9-8-20-13-24/h6-10,13,15-17H,1-5,11-12H2,(H2,22,23,25)/t16-,17+/m1/s1. The fourth-order valence-corrected chi connectivity index (χ4v) is 3.97. The first-order valence-electron chi connectivity index (χ1n) is 9.27. The molecule has 0 aliphatic heterocycles. The molecule has 2 aliphatic carbocycles. The second kappa shape index (κ2) is 7.25. The van der Waals surface area contributed by atoms with Crippen LogP contribution in [0.5, 0.6) is 0 Å². The molecule has 2 aromatic heterocycles. The molecule has 0 spiro atoms. The summed E-state index contributed by atoms with van der Waals surface area (Å²) < 4.78 is 1.85. The molecular weight excluding hydrogens is 314 g/mol. The number of hydrogen-bond donors (Lipinski definition) is 2. The Hall–Kier alpha value is -2.37. The normalized spacial score (nSPS) is 23.2. The van der Waals surface area contributed by atoms with E-state index in [2.05, 4.69) is 20.6 Å². The highest BCUT2D eigenvalue weighted by Crippen LogP contribution is 2.44. The van der Waals surface area contributed by atoms with E-state index in [0.29, 0.717) is 18.5 Å². The Bertz CT molecular complexity index is 708. The van der Waals surface area contributed by atoms with Crippen molar-refractivity contribution in [3.63, 3.8) is 0 Å². The molecule has 6 heteroatoms. The van der Waals surface area contributed by atoms with Crippen molar-refractivity contribution >= 4 is 6.03 Å². The zero-order valence-electron chi connectivity index (χ0n) is 14.4. The maximum Gasteiger partial charge on any atom is 0.315 e. The molecule has 2 atom stereocenters. The number of carbonyl (C=O) groups is 1. The van der Waals surface area contributed by atoms with Gasteiger partial charge in [-0.05, 0) is 36.0 Å². The highest BCUT2D eigenvalue weighted by atomic mass is 16.2. The van der Waals surface area contributed by atoms with Gasteiger partial charge in [0, 0.05) is 31.2 Å². The Labute approximate surface area is 148 Å². The van der Waals surface area contributed by atoms with Gasteiger partial charge in [-0.1, -0.05) is 32.1 Å². The van der Waals surface area contributed by atoms with Gasteiger partial charge >= 0.3 is 6.03 Å². The average Bonchev–Trinajstić information content (AvgIpc) is 3.19. The quantitative estimate of drug-likeness (QED) is 0.879. The van der Waals surface area contributed by atoms with Crippen LogP contribution >= 0.6 is 0 Å². The lowest BCUT2D eigenvalue weighted by Crippen LogP contribution is -2.37. The first-order valence-corrected chi connectivity index (χ1v) is 9.27. The van der Waals surface area contributed by atoms with Crippen molar-refractivity contribution in [3.05, 3.63) is 42.6 Å². The van der Waals surface area contributed by atoms with E-state index in [1.54, 1.807) is 18.7 Å². The molecule has 2 N–H and O–H groups in total. The Kier molecular flexibility index (Phi) is 4.68. The molecule has 4 rings (SSSR count). The van der Waals surface area contributed by atoms with E-state index in [-0.39, 0.29) is 6.03 Å². The summed E-state index contributed by atoms with van der Waals surface area (Å²) in [4.78, 5) is 20.5. The number of imidazole rings is 1. The molecule has 2 aliphatic rings. The fourth-order valence-electron chi connectivity index (χ4n) is 3.97. The Balaban J connectivity index is 1.25. The van der Waals surface area contributed by atoms with Crippen LogP contribution < -0.4 is 10.6 Å². The van der Waals surface area contributed by atoms with Gasteiger partial charge in [0.25, 0.3) is 0 Å². The molecule has 2 saturated carbocycles. The van der Waals surface area contributed by atoms with E-state index in [1.165, 1.54) is 32.1 Å². The van der Waals surface area contributed by atoms with Crippen molar-refractivity contribution in [1.82, 2.24) is 25.2 Å². The van der Waals surface area contributed by atoms with Crippen LogP contribution in [0, 0.1) is 11.8 Å². The van der Waals surface area contributed by atoms with Crippen molar-refractivity contribution in [3.8, 4) is 5.82 Å². The average molecular weight is 339 g/mol. The van der Waals surface area contributed by atoms with E-state index < -0.39 is 0 Å². The van der Waals surface area contributed by atoms with E-state index >= 15 is 0 Å². The molecule has 0 aromatic carbocycles. The first-order chi connectivity index (χ1) is 12.3. The van der Waals surface area contributed by atoms with Gasteiger partial charge in [-0.15, -0.1) is 0 Å². The lowest BCUT2D eigenvalue weighted by Gasteiger charge is -2.21. The smallest absolute Gasteiger partial charge is 0.315 e. The third-order valence-electron chi connectivity index (χ3n) is 5.44. The van der Waals surface area contributed by atoms with Crippen molar-refractivity contribution in [2.75, 3.05) is 0 Å². The summed E-state index contributed by atoms with van der Waals surface area (Å²) >= 11 is 0. The molecule has 132 valence electrons. The minimum Gasteiger partial charge on any atom is -0.335 e. The van der Waals surface area contributed by atoms with Crippen LogP contribution in [0.4, 0.5) is 4.79 Å². The van der Waals surface area contributed by atoms with Crippen LogP contribution in [-0.4, -0.2) is 26.6 Å². The maximum absolute atomic E-state index is 12.2. The fraction of sp³-hybridized carbons (Fsp3) is 0.526. The van der Waals surface area contributed by atoms with Crippen molar-refractivity contribution in [2.45, 2.75) is 51.1 Å². The predicted molar refractivity (Wildman–Crippen MR) is 95.2 cm³/mol. The number of nitrogens with zero attached hydrogens (tertiary/aromatic N) is 3. The van der Waals surface area contributed by atoms with Crippen LogP contribution in [0.2, 0.25) is 0 Å². The Morgan fingerprint density at radius 1 is 1.24 bits per heavy atom. The molecule has 0 saturated heterocycles. The summed E-state index contributed by atoms with van der Waals surface area (Å²) in [5.74, 6) is 2.34. The molecular formula is C19H25N5O. The van der Waals surface area contributed by atoms with Gasteiger partial charge in [0.05, 0.1) is 0 Å². The Morgan fingerprint density at radius 3 is 2.92 bits per heavy atom. The summed E-state index contributed by atoms with van der Waals surface area (Å²) in [6, 6.07) is 4.19. The van der Waals surface area contributed by atoms with Gasteiger partial charge in [-0.3, -0.25) is 4.57 Å². The molecule has 2 aromatic rings. The number of amides is 2. The second-order valence-electron chi connectivity index (χ2n) is 7.22. The number of rotatable bonds is 5. The van der Waals surface area contributed by atoms with Gasteiger partial charge in [-0.25, -0.2) is 14.8 Å². The largest absolute Gasteiger partial charge is 0.335 e. The zero-order valence-corrected chi connectivity index (χ0v) is 14.4. The van der Waals surface area contributed by atoms with Gasteiger partial charge in [0.1, 0.15) is 12.1 Å². The third kappa shape index (κ3) is 4.00. The van der Waals surface area contributed by atoms with Crippen LogP contribution in [0.3, 0.4) is 0 Å². The first kappa shape index (κ1) is 16.1. The van der Waals surface area contributed by atoms with Crippen LogP contribution in [0.1, 0.15) is 44.1 Å². The number of pyridine rings is 1. The van der Waals surface area contributed by atoms with E-state index in [4.69, 9.17) is 0 Å². The lowest BCUT2D eigenvalue weighted by molar-refractivity contribution is 0.237. The highest BCUT2D eigenvalue weighted by molar-refractivity contribution is 5.74. The van der Waals surface area contributed by atoms with Crippen molar-refractivity contribution in [2.24, 2.45) is 11.8 Å². The van der Waals surface area contributed by atoms with Gasteiger partial charge in [-0.2, -0.15) is 0 Å².